The highest BCUT2D eigenvalue weighted by atomic mass is 16.5. The molecule has 3 aromatic carbocycles. The molecule has 146 valence electrons. The molecular weight excluding hydrogens is 354 g/mol. The van der Waals surface area contributed by atoms with E-state index < -0.39 is 0 Å². The highest BCUT2D eigenvalue weighted by Crippen LogP contribution is 2.39. The fourth-order valence-electron chi connectivity index (χ4n) is 4.63. The third-order valence-electron chi connectivity index (χ3n) is 6.52. The van der Waals surface area contributed by atoms with E-state index in [4.69, 9.17) is 4.74 Å². The van der Waals surface area contributed by atoms with Gasteiger partial charge in [0.1, 0.15) is 13.1 Å². The number of ether oxygens (including phenoxy) is 1. The lowest BCUT2D eigenvalue weighted by atomic mass is 9.99. The van der Waals surface area contributed by atoms with Crippen LogP contribution < -0.4 is 0 Å². The van der Waals surface area contributed by atoms with Crippen molar-refractivity contribution in [3.8, 4) is 0 Å². The first-order valence-electron chi connectivity index (χ1n) is 10.6. The lowest BCUT2D eigenvalue weighted by molar-refractivity contribution is -0.916. The van der Waals surface area contributed by atoms with Crippen molar-refractivity contribution in [2.24, 2.45) is 0 Å². The van der Waals surface area contributed by atoms with Gasteiger partial charge in [-0.05, 0) is 44.7 Å². The zero-order valence-electron chi connectivity index (χ0n) is 17.1. The maximum absolute atomic E-state index is 5.57. The monoisotopic (exact) mass is 382 g/mol. The highest BCUT2D eigenvalue weighted by molar-refractivity contribution is 6.04. The van der Waals surface area contributed by atoms with Crippen LogP contribution in [0.4, 0.5) is 0 Å². The topological polar surface area (TPSA) is 9.23 Å². The number of fused-ring (bicyclic) bond motifs is 2. The maximum atomic E-state index is 5.57. The molecule has 1 aliphatic heterocycles. The minimum absolute atomic E-state index is 0.887. The molecule has 0 N–H and O–H groups in total. The fraction of sp³-hybridized carbons (Fsp3) is 0.259. The Morgan fingerprint density at radius 3 is 2.45 bits per heavy atom. The van der Waals surface area contributed by atoms with Gasteiger partial charge in [-0.2, -0.15) is 0 Å². The predicted octanol–water partition coefficient (Wildman–Crippen LogP) is 5.64. The number of hydrogen-bond acceptors (Lipinski definition) is 1. The number of benzene rings is 3. The number of hydrogen-bond donors (Lipinski definition) is 0. The molecule has 1 fully saturated rings. The molecular formula is C27H28NO+. The standard InChI is InChI=1S/C27H28NO/c1-28(15-17-29-18-16-28)14-13-23-20-24(27-12-5-4-11-26(23)27)19-22-9-6-8-21-7-2-3-10-25(21)22/h2-12,19-20H,13-18H2,1H3/q+1. The average Bonchev–Trinajstić information content (AvgIpc) is 3.11. The van der Waals surface area contributed by atoms with E-state index in [9.17, 15) is 0 Å². The van der Waals surface area contributed by atoms with E-state index in [-0.39, 0.29) is 0 Å². The van der Waals surface area contributed by atoms with E-state index in [2.05, 4.69) is 85.9 Å². The van der Waals surface area contributed by atoms with Gasteiger partial charge in [-0.1, -0.05) is 72.8 Å². The summed E-state index contributed by atoms with van der Waals surface area (Å²) < 4.78 is 6.69. The van der Waals surface area contributed by atoms with Gasteiger partial charge in [-0.25, -0.2) is 0 Å². The molecule has 0 atom stereocenters. The first-order valence-corrected chi connectivity index (χ1v) is 10.6. The van der Waals surface area contributed by atoms with Crippen LogP contribution in [0.3, 0.4) is 0 Å². The van der Waals surface area contributed by atoms with Gasteiger partial charge in [-0.3, -0.25) is 0 Å². The van der Waals surface area contributed by atoms with Gasteiger partial charge in [0.25, 0.3) is 0 Å². The van der Waals surface area contributed by atoms with Crippen LogP contribution in [-0.4, -0.2) is 44.4 Å². The number of likely N-dealkylation sites (N-methyl/N-ethyl adjacent to an activating group) is 1. The van der Waals surface area contributed by atoms with Crippen molar-refractivity contribution in [3.05, 3.63) is 89.5 Å². The Morgan fingerprint density at radius 2 is 1.59 bits per heavy atom. The van der Waals surface area contributed by atoms with Gasteiger partial charge in [-0.15, -0.1) is 0 Å². The summed E-state index contributed by atoms with van der Waals surface area (Å²) in [5.41, 5.74) is 6.85. The van der Waals surface area contributed by atoms with E-state index in [0.29, 0.717) is 0 Å². The number of allylic oxidation sites excluding steroid dienone is 2. The molecule has 3 aromatic rings. The van der Waals surface area contributed by atoms with Gasteiger partial charge < -0.3 is 9.22 Å². The molecule has 0 spiro atoms. The van der Waals surface area contributed by atoms with Crippen molar-refractivity contribution in [3.63, 3.8) is 0 Å². The van der Waals surface area contributed by atoms with Crippen LogP contribution in [-0.2, 0) is 4.74 Å². The molecule has 0 aromatic heterocycles. The highest BCUT2D eigenvalue weighted by Gasteiger charge is 2.27. The summed E-state index contributed by atoms with van der Waals surface area (Å²) >= 11 is 0. The normalized spacial score (nSPS) is 19.3. The SMILES string of the molecule is C[N+]1(CCC2=CC(=Cc3cccc4ccccc34)c3ccccc32)CCOCC1. The van der Waals surface area contributed by atoms with Crippen molar-refractivity contribution < 1.29 is 9.22 Å². The predicted molar refractivity (Wildman–Crippen MR) is 122 cm³/mol. The van der Waals surface area contributed by atoms with Crippen molar-refractivity contribution in [2.75, 3.05) is 39.9 Å². The second-order valence-electron chi connectivity index (χ2n) is 8.54. The Labute approximate surface area is 173 Å². The van der Waals surface area contributed by atoms with Gasteiger partial charge in [0.15, 0.2) is 0 Å². The number of rotatable bonds is 4. The summed E-state index contributed by atoms with van der Waals surface area (Å²) in [7, 11) is 2.37. The molecule has 0 amide bonds. The van der Waals surface area contributed by atoms with Crippen LogP contribution in [0.15, 0.2) is 72.8 Å². The lowest BCUT2D eigenvalue weighted by Crippen LogP contribution is -2.52. The summed E-state index contributed by atoms with van der Waals surface area (Å²) in [5.74, 6) is 0. The van der Waals surface area contributed by atoms with Gasteiger partial charge in [0, 0.05) is 6.42 Å². The summed E-state index contributed by atoms with van der Waals surface area (Å²) in [6.07, 6.45) is 5.89. The summed E-state index contributed by atoms with van der Waals surface area (Å²) in [6, 6.07) is 24.1. The van der Waals surface area contributed by atoms with Crippen molar-refractivity contribution >= 4 is 28.0 Å². The molecule has 0 bridgehead atoms. The van der Waals surface area contributed by atoms with Crippen molar-refractivity contribution in [2.45, 2.75) is 6.42 Å². The van der Waals surface area contributed by atoms with E-state index in [1.165, 1.54) is 45.2 Å². The molecule has 2 nitrogen and oxygen atoms in total. The molecule has 5 rings (SSSR count). The average molecular weight is 383 g/mol. The molecule has 2 aliphatic rings. The molecule has 29 heavy (non-hydrogen) atoms. The number of morpholine rings is 1. The Balaban J connectivity index is 1.49. The molecule has 1 heterocycles. The first-order chi connectivity index (χ1) is 14.2. The van der Waals surface area contributed by atoms with Crippen LogP contribution in [0.1, 0.15) is 23.1 Å². The van der Waals surface area contributed by atoms with Gasteiger partial charge in [0.05, 0.1) is 26.8 Å². The molecule has 0 radical (unpaired) electrons. The molecule has 0 saturated carbocycles. The fourth-order valence-corrected chi connectivity index (χ4v) is 4.63. The molecule has 1 saturated heterocycles. The second-order valence-corrected chi connectivity index (χ2v) is 8.54. The maximum Gasteiger partial charge on any atom is 0.102 e. The number of nitrogens with zero attached hydrogens (tertiary/aromatic N) is 1. The minimum Gasteiger partial charge on any atom is -0.370 e. The number of quaternary nitrogens is 1. The zero-order chi connectivity index (χ0) is 19.7. The molecule has 2 heteroatoms. The van der Waals surface area contributed by atoms with Gasteiger partial charge >= 0.3 is 0 Å². The first kappa shape index (κ1) is 18.4. The smallest absolute Gasteiger partial charge is 0.102 e. The van der Waals surface area contributed by atoms with E-state index >= 15 is 0 Å². The Kier molecular flexibility index (Phi) is 4.83. The summed E-state index contributed by atoms with van der Waals surface area (Å²) in [6.45, 7) is 5.18. The summed E-state index contributed by atoms with van der Waals surface area (Å²) in [5, 5.41) is 2.61. The van der Waals surface area contributed by atoms with Crippen LogP contribution in [0.25, 0.3) is 28.0 Å². The Bertz CT molecular complexity index is 1100. The second kappa shape index (κ2) is 7.62. The van der Waals surface area contributed by atoms with Crippen LogP contribution in [0.2, 0.25) is 0 Å². The quantitative estimate of drug-likeness (QED) is 0.530. The lowest BCUT2D eigenvalue weighted by Gasteiger charge is -2.37. The van der Waals surface area contributed by atoms with E-state index in [0.717, 1.165) is 37.2 Å². The van der Waals surface area contributed by atoms with Gasteiger partial charge in [0.2, 0.25) is 0 Å². The third kappa shape index (κ3) is 3.66. The summed E-state index contributed by atoms with van der Waals surface area (Å²) in [4.78, 5) is 0. The minimum atomic E-state index is 0.887. The Morgan fingerprint density at radius 1 is 0.862 bits per heavy atom. The van der Waals surface area contributed by atoms with Crippen molar-refractivity contribution in [1.29, 1.82) is 0 Å². The van der Waals surface area contributed by atoms with Crippen LogP contribution in [0, 0.1) is 0 Å². The molecule has 0 unspecified atom stereocenters. The van der Waals surface area contributed by atoms with Crippen molar-refractivity contribution in [1.82, 2.24) is 0 Å². The van der Waals surface area contributed by atoms with Crippen LogP contribution >= 0.6 is 0 Å². The van der Waals surface area contributed by atoms with Crippen LogP contribution in [0.5, 0.6) is 0 Å². The Hall–Kier alpha value is -2.68. The van der Waals surface area contributed by atoms with E-state index in [1.54, 1.807) is 0 Å². The largest absolute Gasteiger partial charge is 0.370 e. The molecule has 1 aliphatic carbocycles. The zero-order valence-corrected chi connectivity index (χ0v) is 17.1. The van der Waals surface area contributed by atoms with E-state index in [1.807, 2.05) is 0 Å². The third-order valence-corrected chi connectivity index (χ3v) is 6.52.